The smallest absolute Gasteiger partial charge is 0.418 e. The number of nitrogens with zero attached hydrogens (tertiary/aromatic N) is 3. The van der Waals surface area contributed by atoms with E-state index in [0.717, 1.165) is 58.2 Å². The summed E-state index contributed by atoms with van der Waals surface area (Å²) in [7, 11) is 1.51. The lowest BCUT2D eigenvalue weighted by atomic mass is 10.0. The Morgan fingerprint density at radius 1 is 1.07 bits per heavy atom. The van der Waals surface area contributed by atoms with Crippen LogP contribution in [0.2, 0.25) is 0 Å². The molecule has 1 aromatic carbocycles. The number of pyridine rings is 1. The third-order valence-electron chi connectivity index (χ3n) is 7.91. The molecule has 4 heterocycles. The van der Waals surface area contributed by atoms with Crippen molar-refractivity contribution in [3.8, 4) is 5.75 Å². The number of morpholine rings is 1. The molecule has 0 bridgehead atoms. The Bertz CT molecular complexity index is 1380. The van der Waals surface area contributed by atoms with Gasteiger partial charge in [0.05, 0.1) is 37.0 Å². The Kier molecular flexibility index (Phi) is 7.22. The summed E-state index contributed by atoms with van der Waals surface area (Å²) in [6, 6.07) is 7.37. The molecule has 0 spiro atoms. The van der Waals surface area contributed by atoms with E-state index < -0.39 is 11.7 Å². The van der Waals surface area contributed by atoms with E-state index in [9.17, 15) is 18.0 Å². The molecule has 2 aromatic heterocycles. The predicted molar refractivity (Wildman–Crippen MR) is 145 cm³/mol. The molecule has 1 saturated carbocycles. The highest BCUT2D eigenvalue weighted by Crippen LogP contribution is 2.41. The molecule has 40 heavy (non-hydrogen) atoms. The Hall–Kier alpha value is -3.51. The average Bonchev–Trinajstić information content (AvgIpc) is 3.67. The zero-order valence-electron chi connectivity index (χ0n) is 22.3. The topological polar surface area (TPSA) is 94.8 Å². The lowest BCUT2D eigenvalue weighted by Crippen LogP contribution is -2.50. The van der Waals surface area contributed by atoms with Crippen molar-refractivity contribution in [3.63, 3.8) is 0 Å². The fourth-order valence-corrected chi connectivity index (χ4v) is 5.61. The maximum absolute atomic E-state index is 13.6. The summed E-state index contributed by atoms with van der Waals surface area (Å²) in [5.41, 5.74) is 0.823. The largest absolute Gasteiger partial charge is 0.495 e. The van der Waals surface area contributed by atoms with Crippen molar-refractivity contribution in [2.45, 2.75) is 43.9 Å². The first-order valence-electron chi connectivity index (χ1n) is 13.7. The maximum Gasteiger partial charge on any atom is 0.418 e. The lowest BCUT2D eigenvalue weighted by molar-refractivity contribution is -0.136. The molecule has 214 valence electrons. The summed E-state index contributed by atoms with van der Waals surface area (Å²) >= 11 is 0. The zero-order valence-corrected chi connectivity index (χ0v) is 22.3. The van der Waals surface area contributed by atoms with Crippen LogP contribution in [0.15, 0.2) is 30.5 Å². The highest BCUT2D eigenvalue weighted by molar-refractivity contribution is 5.97. The number of carbonyl (C=O) groups is 1. The second-order valence-corrected chi connectivity index (χ2v) is 10.6. The minimum Gasteiger partial charge on any atom is -0.495 e. The number of alkyl halides is 3. The number of likely N-dealkylation sites (tertiary alicyclic amines) is 1. The van der Waals surface area contributed by atoms with E-state index in [4.69, 9.17) is 9.47 Å². The highest BCUT2D eigenvalue weighted by Gasteiger charge is 2.36. The number of amides is 1. The van der Waals surface area contributed by atoms with Crippen LogP contribution in [0.25, 0.3) is 11.0 Å². The molecular formula is C28H33F3N6O3. The summed E-state index contributed by atoms with van der Waals surface area (Å²) in [5.74, 6) is 0.746. The molecule has 0 unspecified atom stereocenters. The Morgan fingerprint density at radius 3 is 2.50 bits per heavy atom. The van der Waals surface area contributed by atoms with Gasteiger partial charge in [0.1, 0.15) is 17.2 Å². The Balaban J connectivity index is 1.19. The quantitative estimate of drug-likeness (QED) is 0.382. The molecule has 0 radical (unpaired) electrons. The summed E-state index contributed by atoms with van der Waals surface area (Å²) in [6.07, 6.45) is 0.132. The monoisotopic (exact) mass is 558 g/mol. The van der Waals surface area contributed by atoms with Crippen LogP contribution in [0.3, 0.4) is 0 Å². The van der Waals surface area contributed by atoms with Crippen LogP contribution in [0.4, 0.5) is 30.4 Å². The summed E-state index contributed by atoms with van der Waals surface area (Å²) in [6.45, 7) is 4.80. The van der Waals surface area contributed by atoms with Crippen molar-refractivity contribution in [2.24, 2.45) is 0 Å². The molecule has 2 aliphatic heterocycles. The van der Waals surface area contributed by atoms with Crippen molar-refractivity contribution < 1.29 is 27.4 Å². The van der Waals surface area contributed by atoms with Gasteiger partial charge in [0.2, 0.25) is 0 Å². The molecule has 3 aromatic rings. The number of fused-ring (bicyclic) bond motifs is 1. The van der Waals surface area contributed by atoms with Gasteiger partial charge in [-0.05, 0) is 43.9 Å². The number of aromatic amines is 1. The summed E-state index contributed by atoms with van der Waals surface area (Å²) < 4.78 is 51.9. The van der Waals surface area contributed by atoms with E-state index >= 15 is 0 Å². The van der Waals surface area contributed by atoms with Gasteiger partial charge in [-0.15, -0.1) is 0 Å². The van der Waals surface area contributed by atoms with Crippen molar-refractivity contribution >= 4 is 34.1 Å². The predicted octanol–water partition coefficient (Wildman–Crippen LogP) is 4.85. The molecule has 3 aliphatic rings. The summed E-state index contributed by atoms with van der Waals surface area (Å²) in [4.78, 5) is 24.7. The molecule has 1 amide bonds. The number of piperidine rings is 1. The Labute approximate surface area is 230 Å². The van der Waals surface area contributed by atoms with E-state index in [1.165, 1.54) is 7.11 Å². The number of aromatic nitrogens is 2. The number of ether oxygens (including phenoxy) is 2. The van der Waals surface area contributed by atoms with Crippen LogP contribution in [0, 0.1) is 0 Å². The molecule has 0 atom stereocenters. The minimum atomic E-state index is -4.50. The van der Waals surface area contributed by atoms with Crippen molar-refractivity contribution in [1.29, 1.82) is 0 Å². The van der Waals surface area contributed by atoms with E-state index in [1.54, 1.807) is 24.3 Å². The van der Waals surface area contributed by atoms with Crippen LogP contribution >= 0.6 is 0 Å². The van der Waals surface area contributed by atoms with Gasteiger partial charge >= 0.3 is 6.18 Å². The third kappa shape index (κ3) is 5.55. The number of hydrogen-bond donors (Lipinski definition) is 3. The second-order valence-electron chi connectivity index (χ2n) is 10.6. The summed E-state index contributed by atoms with van der Waals surface area (Å²) in [5, 5.41) is 6.40. The molecule has 6 rings (SSSR count). The maximum atomic E-state index is 13.6. The van der Waals surface area contributed by atoms with Gasteiger partial charge in [0.15, 0.2) is 0 Å². The number of hydrogen-bond acceptors (Lipinski definition) is 7. The number of benzene rings is 1. The lowest BCUT2D eigenvalue weighted by Gasteiger charge is -2.40. The number of rotatable bonds is 7. The molecule has 9 nitrogen and oxygen atoms in total. The second kappa shape index (κ2) is 10.8. The Morgan fingerprint density at radius 2 is 1.82 bits per heavy atom. The highest BCUT2D eigenvalue weighted by atomic mass is 19.4. The standard InChI is InChI=1S/C28H33F3N6O3/c1-39-23-14-17(27(38)37-8-6-19(7-9-37)36-10-12-40-13-11-36)2-5-21(23)34-24-15-22(33-18-3-4-18)25-20(28(29,30)31)16-32-26(25)35-24/h2,5,14-16,18-19H,3-4,6-13H2,1H3,(H3,32,33,34,35). The third-order valence-corrected chi connectivity index (χ3v) is 7.91. The molecule has 12 heteroatoms. The number of nitrogens with one attached hydrogen (secondary N) is 3. The van der Waals surface area contributed by atoms with Crippen molar-refractivity contribution in [2.75, 3.05) is 57.1 Å². The van der Waals surface area contributed by atoms with Gasteiger partial charge in [-0.25, -0.2) is 4.98 Å². The van der Waals surface area contributed by atoms with Gasteiger partial charge in [0, 0.05) is 61.8 Å². The fraction of sp³-hybridized carbons (Fsp3) is 0.500. The molecule has 2 saturated heterocycles. The van der Waals surface area contributed by atoms with Crippen LogP contribution in [-0.4, -0.2) is 84.3 Å². The van der Waals surface area contributed by atoms with Crippen LogP contribution in [0.5, 0.6) is 5.75 Å². The zero-order chi connectivity index (χ0) is 27.9. The van der Waals surface area contributed by atoms with E-state index in [1.807, 2.05) is 4.90 Å². The SMILES string of the molecule is COc1cc(C(=O)N2CCC(N3CCOCC3)CC2)ccc1Nc1cc(NC2CC2)c2c(C(F)(F)F)c[nH]c2n1. The minimum absolute atomic E-state index is 0.0234. The van der Waals surface area contributed by atoms with E-state index in [2.05, 4.69) is 25.5 Å². The fourth-order valence-electron chi connectivity index (χ4n) is 5.61. The van der Waals surface area contributed by atoms with E-state index in [0.29, 0.717) is 47.6 Å². The number of H-pyrrole nitrogens is 1. The number of anilines is 3. The number of halogens is 3. The first-order valence-corrected chi connectivity index (χ1v) is 13.7. The molecule has 1 aliphatic carbocycles. The molecular weight excluding hydrogens is 525 g/mol. The van der Waals surface area contributed by atoms with Crippen LogP contribution in [-0.2, 0) is 10.9 Å². The first-order chi connectivity index (χ1) is 19.3. The van der Waals surface area contributed by atoms with Crippen molar-refractivity contribution in [1.82, 2.24) is 19.8 Å². The van der Waals surface area contributed by atoms with Gasteiger partial charge in [-0.3, -0.25) is 9.69 Å². The number of carbonyl (C=O) groups excluding carboxylic acids is 1. The van der Waals surface area contributed by atoms with Gasteiger partial charge < -0.3 is 30.0 Å². The normalized spacial score (nSPS) is 19.1. The van der Waals surface area contributed by atoms with Gasteiger partial charge in [-0.1, -0.05) is 0 Å². The van der Waals surface area contributed by atoms with Crippen molar-refractivity contribution in [3.05, 3.63) is 41.6 Å². The van der Waals surface area contributed by atoms with Gasteiger partial charge in [0.25, 0.3) is 5.91 Å². The van der Waals surface area contributed by atoms with Crippen LogP contribution in [0.1, 0.15) is 41.6 Å². The first kappa shape index (κ1) is 26.7. The molecule has 3 N–H and O–H groups in total. The van der Waals surface area contributed by atoms with Gasteiger partial charge in [-0.2, -0.15) is 13.2 Å². The van der Waals surface area contributed by atoms with E-state index in [-0.39, 0.29) is 23.0 Å². The van der Waals surface area contributed by atoms with Crippen LogP contribution < -0.4 is 15.4 Å². The molecule has 3 fully saturated rings. The number of methoxy groups -OCH3 is 1. The average molecular weight is 559 g/mol.